The van der Waals surface area contributed by atoms with Crippen molar-refractivity contribution in [2.45, 2.75) is 26.5 Å². The Balaban J connectivity index is 2.07. The zero-order chi connectivity index (χ0) is 15.0. The Kier molecular flexibility index (Phi) is 3.66. The molecule has 0 bridgehead atoms. The smallest absolute Gasteiger partial charge is 0.122 e. The van der Waals surface area contributed by atoms with Crippen LogP contribution in [0.15, 0.2) is 36.5 Å². The first-order valence-corrected chi connectivity index (χ1v) is 7.24. The van der Waals surface area contributed by atoms with Gasteiger partial charge in [-0.2, -0.15) is 5.10 Å². The second-order valence-electron chi connectivity index (χ2n) is 5.00. The van der Waals surface area contributed by atoms with Gasteiger partial charge >= 0.3 is 0 Å². The molecule has 0 aliphatic carbocycles. The van der Waals surface area contributed by atoms with Crippen molar-refractivity contribution in [3.05, 3.63) is 58.5 Å². The van der Waals surface area contributed by atoms with E-state index in [1.165, 1.54) is 0 Å². The molecule has 4 nitrogen and oxygen atoms in total. The first-order valence-electron chi connectivity index (χ1n) is 6.86. The average Bonchev–Trinajstić information content (AvgIpc) is 2.86. The number of hydrogen-bond acceptors (Lipinski definition) is 3. The molecule has 2 heterocycles. The Morgan fingerprint density at radius 2 is 2.10 bits per heavy atom. The number of aryl methyl sites for hydroxylation is 2. The molecular weight excluding hydrogens is 286 g/mol. The van der Waals surface area contributed by atoms with Gasteiger partial charge in [0.15, 0.2) is 0 Å². The van der Waals surface area contributed by atoms with Gasteiger partial charge in [0.2, 0.25) is 0 Å². The van der Waals surface area contributed by atoms with Crippen molar-refractivity contribution in [2.24, 2.45) is 0 Å². The van der Waals surface area contributed by atoms with Gasteiger partial charge in [-0.15, -0.1) is 0 Å². The van der Waals surface area contributed by atoms with E-state index in [-0.39, 0.29) is 0 Å². The zero-order valence-electron chi connectivity index (χ0n) is 11.9. The summed E-state index contributed by atoms with van der Waals surface area (Å²) < 4.78 is 1.71. The first kappa shape index (κ1) is 14.0. The van der Waals surface area contributed by atoms with E-state index in [0.29, 0.717) is 17.3 Å². The molecule has 0 aliphatic heterocycles. The number of fused-ring (bicyclic) bond motifs is 1. The van der Waals surface area contributed by atoms with E-state index in [1.807, 2.05) is 44.2 Å². The summed E-state index contributed by atoms with van der Waals surface area (Å²) in [7, 11) is 0. The SMILES string of the molecule is CCn1ncc(Cl)c1C(O)c1ccc2nc(C)ccc2c1. The Labute approximate surface area is 128 Å². The molecular formula is C16H16ClN3O. The molecule has 0 fully saturated rings. The predicted octanol–water partition coefficient (Wildman–Crippen LogP) is 3.49. The number of hydrogen-bond donors (Lipinski definition) is 1. The lowest BCUT2D eigenvalue weighted by atomic mass is 10.0. The van der Waals surface area contributed by atoms with Gasteiger partial charge in [0.25, 0.3) is 0 Å². The summed E-state index contributed by atoms with van der Waals surface area (Å²) in [5, 5.41) is 16.3. The number of aliphatic hydroxyl groups excluding tert-OH is 1. The topological polar surface area (TPSA) is 50.9 Å². The normalized spacial score (nSPS) is 12.8. The minimum Gasteiger partial charge on any atom is -0.382 e. The lowest BCUT2D eigenvalue weighted by Gasteiger charge is -2.14. The molecule has 2 aromatic heterocycles. The molecule has 5 heteroatoms. The van der Waals surface area contributed by atoms with Crippen molar-refractivity contribution in [2.75, 3.05) is 0 Å². The quantitative estimate of drug-likeness (QED) is 0.805. The standard InChI is InChI=1S/C16H16ClN3O/c1-3-20-15(13(17)9-18-20)16(21)12-6-7-14-11(8-12)5-4-10(2)19-14/h4-9,16,21H,3H2,1-2H3. The maximum Gasteiger partial charge on any atom is 0.122 e. The van der Waals surface area contributed by atoms with E-state index in [4.69, 9.17) is 11.6 Å². The van der Waals surface area contributed by atoms with E-state index in [1.54, 1.807) is 10.9 Å². The van der Waals surface area contributed by atoms with Crippen LogP contribution in [0.1, 0.15) is 30.0 Å². The van der Waals surface area contributed by atoms with Crippen LogP contribution in [-0.4, -0.2) is 19.9 Å². The highest BCUT2D eigenvalue weighted by Gasteiger charge is 2.19. The lowest BCUT2D eigenvalue weighted by Crippen LogP contribution is -2.09. The van der Waals surface area contributed by atoms with Crippen molar-refractivity contribution in [1.29, 1.82) is 0 Å². The Hall–Kier alpha value is -1.91. The van der Waals surface area contributed by atoms with Crippen molar-refractivity contribution in [3.63, 3.8) is 0 Å². The molecule has 1 unspecified atom stereocenters. The zero-order valence-corrected chi connectivity index (χ0v) is 12.7. The number of rotatable bonds is 3. The van der Waals surface area contributed by atoms with Gasteiger partial charge in [-0.25, -0.2) is 0 Å². The molecule has 0 spiro atoms. The molecule has 1 aromatic carbocycles. The van der Waals surface area contributed by atoms with Gasteiger partial charge in [-0.05, 0) is 37.6 Å². The van der Waals surface area contributed by atoms with Gasteiger partial charge in [-0.3, -0.25) is 9.67 Å². The molecule has 3 rings (SSSR count). The van der Waals surface area contributed by atoms with Crippen LogP contribution in [0.5, 0.6) is 0 Å². The maximum atomic E-state index is 10.6. The van der Waals surface area contributed by atoms with Gasteiger partial charge in [0.1, 0.15) is 6.10 Å². The van der Waals surface area contributed by atoms with Crippen molar-refractivity contribution in [3.8, 4) is 0 Å². The van der Waals surface area contributed by atoms with Crippen LogP contribution in [0.4, 0.5) is 0 Å². The van der Waals surface area contributed by atoms with E-state index >= 15 is 0 Å². The summed E-state index contributed by atoms with van der Waals surface area (Å²) in [5.41, 5.74) is 3.30. The van der Waals surface area contributed by atoms with Crippen LogP contribution in [-0.2, 0) is 6.54 Å². The number of halogens is 1. The van der Waals surface area contributed by atoms with Crippen LogP contribution in [0.3, 0.4) is 0 Å². The highest BCUT2D eigenvalue weighted by Crippen LogP contribution is 2.29. The third-order valence-electron chi connectivity index (χ3n) is 3.56. The maximum absolute atomic E-state index is 10.6. The molecule has 0 radical (unpaired) electrons. The molecule has 1 atom stereocenters. The summed E-state index contributed by atoms with van der Waals surface area (Å²) in [4.78, 5) is 4.46. The molecule has 0 saturated heterocycles. The molecule has 0 aliphatic rings. The van der Waals surface area contributed by atoms with E-state index < -0.39 is 6.10 Å². The van der Waals surface area contributed by atoms with Crippen LogP contribution < -0.4 is 0 Å². The largest absolute Gasteiger partial charge is 0.382 e. The van der Waals surface area contributed by atoms with E-state index in [2.05, 4.69) is 10.1 Å². The third-order valence-corrected chi connectivity index (χ3v) is 3.85. The number of aliphatic hydroxyl groups is 1. The highest BCUT2D eigenvalue weighted by atomic mass is 35.5. The average molecular weight is 302 g/mol. The first-order chi connectivity index (χ1) is 10.1. The summed E-state index contributed by atoms with van der Waals surface area (Å²) in [6.07, 6.45) is 0.765. The van der Waals surface area contributed by atoms with Crippen LogP contribution in [0.25, 0.3) is 10.9 Å². The van der Waals surface area contributed by atoms with Gasteiger partial charge in [0.05, 0.1) is 22.4 Å². The number of nitrogens with zero attached hydrogens (tertiary/aromatic N) is 3. The molecule has 1 N–H and O–H groups in total. The fraction of sp³-hybridized carbons (Fsp3) is 0.250. The van der Waals surface area contributed by atoms with Crippen LogP contribution in [0, 0.1) is 6.92 Å². The molecule has 0 saturated carbocycles. The molecule has 108 valence electrons. The van der Waals surface area contributed by atoms with Crippen molar-refractivity contribution < 1.29 is 5.11 Å². The lowest BCUT2D eigenvalue weighted by molar-refractivity contribution is 0.208. The summed E-state index contributed by atoms with van der Waals surface area (Å²) in [6.45, 7) is 4.59. The van der Waals surface area contributed by atoms with E-state index in [9.17, 15) is 5.11 Å². The molecule has 3 aromatic rings. The number of aromatic nitrogens is 3. The summed E-state index contributed by atoms with van der Waals surface area (Å²) in [5.74, 6) is 0. The van der Waals surface area contributed by atoms with Gasteiger partial charge < -0.3 is 5.11 Å². The fourth-order valence-corrected chi connectivity index (χ4v) is 2.71. The Morgan fingerprint density at radius 3 is 2.86 bits per heavy atom. The van der Waals surface area contributed by atoms with Gasteiger partial charge in [-0.1, -0.05) is 23.7 Å². The summed E-state index contributed by atoms with van der Waals surface area (Å²) >= 11 is 6.15. The van der Waals surface area contributed by atoms with Crippen LogP contribution in [0.2, 0.25) is 5.02 Å². The Morgan fingerprint density at radius 1 is 1.29 bits per heavy atom. The van der Waals surface area contributed by atoms with E-state index in [0.717, 1.165) is 22.2 Å². The second kappa shape index (κ2) is 5.47. The minimum absolute atomic E-state index is 0.478. The van der Waals surface area contributed by atoms with Crippen molar-refractivity contribution >= 4 is 22.5 Å². The van der Waals surface area contributed by atoms with Crippen molar-refractivity contribution in [1.82, 2.24) is 14.8 Å². The Bertz CT molecular complexity index is 797. The predicted molar refractivity (Wildman–Crippen MR) is 83.5 cm³/mol. The minimum atomic E-state index is -0.800. The highest BCUT2D eigenvalue weighted by molar-refractivity contribution is 6.31. The number of pyridine rings is 1. The molecule has 0 amide bonds. The number of benzene rings is 1. The van der Waals surface area contributed by atoms with Crippen LogP contribution >= 0.6 is 11.6 Å². The fourth-order valence-electron chi connectivity index (χ4n) is 2.47. The second-order valence-corrected chi connectivity index (χ2v) is 5.41. The summed E-state index contributed by atoms with van der Waals surface area (Å²) in [6, 6.07) is 9.70. The third kappa shape index (κ3) is 2.52. The molecule has 21 heavy (non-hydrogen) atoms. The monoisotopic (exact) mass is 301 g/mol. The van der Waals surface area contributed by atoms with Gasteiger partial charge in [0, 0.05) is 17.6 Å².